The lowest BCUT2D eigenvalue weighted by Crippen LogP contribution is -2.22. The van der Waals surface area contributed by atoms with Gasteiger partial charge in [-0.15, -0.1) is 0 Å². The van der Waals surface area contributed by atoms with Crippen molar-refractivity contribution in [2.75, 3.05) is 0 Å². The predicted octanol–water partition coefficient (Wildman–Crippen LogP) is 3.14. The molecule has 0 aliphatic heterocycles. The van der Waals surface area contributed by atoms with Crippen LogP contribution in [0.2, 0.25) is 0 Å². The molecule has 0 spiro atoms. The van der Waals surface area contributed by atoms with Gasteiger partial charge in [0.15, 0.2) is 0 Å². The molecule has 0 amide bonds. The Morgan fingerprint density at radius 2 is 1.61 bits per heavy atom. The van der Waals surface area contributed by atoms with Crippen molar-refractivity contribution in [1.82, 2.24) is 4.57 Å². The molecule has 0 bridgehead atoms. The Hall–Kier alpha value is -2.09. The molecule has 3 rings (SSSR count). The number of hydrogen-bond donors (Lipinski definition) is 0. The zero-order valence-corrected chi connectivity index (χ0v) is 11.0. The summed E-state index contributed by atoms with van der Waals surface area (Å²) >= 11 is 0. The number of pyridine rings is 1. The van der Waals surface area contributed by atoms with E-state index in [0.29, 0.717) is 0 Å². The van der Waals surface area contributed by atoms with Crippen molar-refractivity contribution in [2.24, 2.45) is 0 Å². The smallest absolute Gasteiger partial charge is 0.200 e. The minimum Gasteiger partial charge on any atom is -0.200 e. The van der Waals surface area contributed by atoms with Crippen molar-refractivity contribution in [3.05, 3.63) is 65.6 Å². The van der Waals surface area contributed by atoms with Crippen LogP contribution in [0.1, 0.15) is 17.0 Å². The quantitative estimate of drug-likeness (QED) is 0.575. The van der Waals surface area contributed by atoms with Crippen LogP contribution in [-0.4, -0.2) is 4.57 Å². The monoisotopic (exact) mass is 237 g/mol. The van der Waals surface area contributed by atoms with Gasteiger partial charge in [-0.2, -0.15) is 8.97 Å². The van der Waals surface area contributed by atoms with E-state index in [1.165, 1.54) is 28.3 Å². The lowest BCUT2D eigenvalue weighted by atomic mass is 10.2. The van der Waals surface area contributed by atoms with Gasteiger partial charge in [0.05, 0.1) is 6.20 Å². The number of fused-ring (bicyclic) bond motifs is 1. The van der Waals surface area contributed by atoms with E-state index in [2.05, 4.69) is 78.4 Å². The molecular weight excluding hydrogens is 220 g/mol. The highest BCUT2D eigenvalue weighted by molar-refractivity contribution is 5.50. The zero-order valence-electron chi connectivity index (χ0n) is 11.0. The van der Waals surface area contributed by atoms with Gasteiger partial charge in [-0.25, -0.2) is 0 Å². The summed E-state index contributed by atoms with van der Waals surface area (Å²) < 4.78 is 4.56. The largest absolute Gasteiger partial charge is 0.291 e. The van der Waals surface area contributed by atoms with Crippen LogP contribution in [0.15, 0.2) is 48.7 Å². The standard InChI is InChI=1S/C16H17N2/c1-12-8-4-5-9-15(12)18-14(3)13(2)17-11-7-6-10-16(17)18/h4-11H,1-3H3/q+1. The average molecular weight is 237 g/mol. The van der Waals surface area contributed by atoms with Crippen LogP contribution in [0, 0.1) is 20.8 Å². The van der Waals surface area contributed by atoms with Crippen LogP contribution in [0.5, 0.6) is 0 Å². The maximum absolute atomic E-state index is 2.32. The van der Waals surface area contributed by atoms with E-state index in [0.717, 1.165) is 0 Å². The minimum atomic E-state index is 1.21. The van der Waals surface area contributed by atoms with Gasteiger partial charge in [0.2, 0.25) is 0 Å². The van der Waals surface area contributed by atoms with Crippen LogP contribution in [0.3, 0.4) is 0 Å². The Labute approximate surface area is 107 Å². The molecule has 0 N–H and O–H groups in total. The molecule has 2 nitrogen and oxygen atoms in total. The third-order valence-corrected chi connectivity index (χ3v) is 3.64. The molecule has 2 heterocycles. The second-order valence-electron chi connectivity index (χ2n) is 4.72. The maximum Gasteiger partial charge on any atom is 0.291 e. The Bertz CT molecular complexity index is 723. The number of nitrogens with zero attached hydrogens (tertiary/aromatic N) is 2. The molecule has 1 aromatic carbocycles. The molecule has 0 atom stereocenters. The van der Waals surface area contributed by atoms with Crippen molar-refractivity contribution < 1.29 is 4.40 Å². The Morgan fingerprint density at radius 3 is 2.39 bits per heavy atom. The average Bonchev–Trinajstić information content (AvgIpc) is 2.64. The first-order valence-corrected chi connectivity index (χ1v) is 6.24. The third-order valence-electron chi connectivity index (χ3n) is 3.64. The van der Waals surface area contributed by atoms with E-state index in [9.17, 15) is 0 Å². The van der Waals surface area contributed by atoms with Crippen molar-refractivity contribution in [1.29, 1.82) is 0 Å². The van der Waals surface area contributed by atoms with E-state index in [1.807, 2.05) is 0 Å². The van der Waals surface area contributed by atoms with Crippen LogP contribution >= 0.6 is 0 Å². The van der Waals surface area contributed by atoms with Gasteiger partial charge in [0.25, 0.3) is 5.65 Å². The van der Waals surface area contributed by atoms with Crippen molar-refractivity contribution in [2.45, 2.75) is 20.8 Å². The van der Waals surface area contributed by atoms with Crippen molar-refractivity contribution in [3.8, 4) is 5.69 Å². The predicted molar refractivity (Wildman–Crippen MR) is 73.1 cm³/mol. The van der Waals surface area contributed by atoms with Gasteiger partial charge < -0.3 is 0 Å². The first-order chi connectivity index (χ1) is 8.70. The summed E-state index contributed by atoms with van der Waals surface area (Å²) in [6.45, 7) is 6.50. The summed E-state index contributed by atoms with van der Waals surface area (Å²) in [6, 6.07) is 14.8. The lowest BCUT2D eigenvalue weighted by molar-refractivity contribution is -0.518. The first-order valence-electron chi connectivity index (χ1n) is 6.24. The fourth-order valence-electron chi connectivity index (χ4n) is 2.53. The molecule has 18 heavy (non-hydrogen) atoms. The number of aryl methyl sites for hydroxylation is 2. The topological polar surface area (TPSA) is 9.03 Å². The number of para-hydroxylation sites is 1. The van der Waals surface area contributed by atoms with E-state index in [4.69, 9.17) is 0 Å². The lowest BCUT2D eigenvalue weighted by Gasteiger charge is -2.03. The second-order valence-corrected chi connectivity index (χ2v) is 4.72. The van der Waals surface area contributed by atoms with Gasteiger partial charge >= 0.3 is 0 Å². The van der Waals surface area contributed by atoms with E-state index < -0.39 is 0 Å². The van der Waals surface area contributed by atoms with E-state index in [-0.39, 0.29) is 0 Å². The van der Waals surface area contributed by atoms with Gasteiger partial charge in [-0.1, -0.05) is 24.3 Å². The normalized spacial score (nSPS) is 11.1. The number of aromatic nitrogens is 2. The molecule has 2 aromatic heterocycles. The number of hydrogen-bond acceptors (Lipinski definition) is 0. The first kappa shape index (κ1) is 11.0. The molecule has 0 fully saturated rings. The summed E-state index contributed by atoms with van der Waals surface area (Å²) in [5, 5.41) is 0. The van der Waals surface area contributed by atoms with Crippen LogP contribution < -0.4 is 4.40 Å². The molecule has 0 unspecified atom stereocenters. The van der Waals surface area contributed by atoms with Crippen LogP contribution in [0.25, 0.3) is 11.3 Å². The number of rotatable bonds is 1. The summed E-state index contributed by atoms with van der Waals surface area (Å²) in [6.07, 6.45) is 2.12. The molecule has 90 valence electrons. The molecule has 0 aliphatic rings. The Balaban J connectivity index is 2.43. The van der Waals surface area contributed by atoms with E-state index in [1.54, 1.807) is 0 Å². The summed E-state index contributed by atoms with van der Waals surface area (Å²) in [7, 11) is 0. The Morgan fingerprint density at radius 1 is 0.889 bits per heavy atom. The highest BCUT2D eigenvalue weighted by Gasteiger charge is 2.21. The van der Waals surface area contributed by atoms with Gasteiger partial charge in [0.1, 0.15) is 17.1 Å². The Kier molecular flexibility index (Phi) is 2.44. The molecule has 0 saturated heterocycles. The van der Waals surface area contributed by atoms with Gasteiger partial charge in [0, 0.05) is 19.9 Å². The molecule has 3 aromatic rings. The molecule has 0 saturated carbocycles. The van der Waals surface area contributed by atoms with Gasteiger partial charge in [-0.05, 0) is 24.6 Å². The van der Waals surface area contributed by atoms with Crippen molar-refractivity contribution in [3.63, 3.8) is 0 Å². The molecule has 0 aliphatic carbocycles. The highest BCUT2D eigenvalue weighted by Crippen LogP contribution is 2.20. The van der Waals surface area contributed by atoms with E-state index >= 15 is 0 Å². The summed E-state index contributed by atoms with van der Waals surface area (Å²) in [5.41, 5.74) is 6.33. The van der Waals surface area contributed by atoms with Gasteiger partial charge in [-0.3, -0.25) is 0 Å². The summed E-state index contributed by atoms with van der Waals surface area (Å²) in [5.74, 6) is 0. The zero-order chi connectivity index (χ0) is 12.7. The fourth-order valence-corrected chi connectivity index (χ4v) is 2.53. The van der Waals surface area contributed by atoms with Crippen molar-refractivity contribution >= 4 is 5.65 Å². The molecular formula is C16H17N2+. The fraction of sp³-hybridized carbons (Fsp3) is 0.188. The molecule has 2 heteroatoms. The number of benzene rings is 1. The number of imidazole rings is 1. The second kappa shape index (κ2) is 3.98. The molecule has 0 radical (unpaired) electrons. The van der Waals surface area contributed by atoms with Crippen LogP contribution in [-0.2, 0) is 0 Å². The minimum absolute atomic E-state index is 1.21. The maximum atomic E-state index is 2.32. The third kappa shape index (κ3) is 1.46. The highest BCUT2D eigenvalue weighted by atomic mass is 15.1. The van der Waals surface area contributed by atoms with Crippen LogP contribution in [0.4, 0.5) is 0 Å². The summed E-state index contributed by atoms with van der Waals surface area (Å²) in [4.78, 5) is 0. The SMILES string of the molecule is Cc1ccccc1-n1c(C)c(C)[n+]2ccccc12.